The maximum atomic E-state index is 6.07. The predicted octanol–water partition coefficient (Wildman–Crippen LogP) is 1.75. The maximum Gasteiger partial charge on any atom is 0.164 e. The number of benzene rings is 1. The molecule has 0 saturated carbocycles. The number of ether oxygens (including phenoxy) is 4. The molecular weight excluding hydrogens is 234 g/mol. The number of rotatable bonds is 7. The normalized spacial score (nSPS) is 12.1. The molecule has 1 atom stereocenters. The summed E-state index contributed by atoms with van der Waals surface area (Å²) in [6, 6.07) is 3.32. The highest BCUT2D eigenvalue weighted by atomic mass is 16.5. The van der Waals surface area contributed by atoms with Gasteiger partial charge in [-0.3, -0.25) is 0 Å². The number of nitrogens with two attached hydrogens (primary N) is 1. The molecule has 1 aromatic rings. The summed E-state index contributed by atoms with van der Waals surface area (Å²) in [6.07, 6.45) is 0. The van der Waals surface area contributed by atoms with Crippen molar-refractivity contribution in [3.8, 4) is 17.2 Å². The van der Waals surface area contributed by atoms with Gasteiger partial charge in [0, 0.05) is 18.2 Å². The van der Waals surface area contributed by atoms with Crippen LogP contribution in [-0.4, -0.2) is 34.5 Å². The molecule has 0 aromatic heterocycles. The van der Waals surface area contributed by atoms with Crippen molar-refractivity contribution >= 4 is 0 Å². The zero-order valence-corrected chi connectivity index (χ0v) is 11.4. The second-order valence-electron chi connectivity index (χ2n) is 3.72. The van der Waals surface area contributed by atoms with Crippen LogP contribution in [-0.2, 0) is 4.74 Å². The molecule has 1 rings (SSSR count). The van der Waals surface area contributed by atoms with Gasteiger partial charge < -0.3 is 24.7 Å². The van der Waals surface area contributed by atoms with E-state index in [0.29, 0.717) is 30.5 Å². The van der Waals surface area contributed by atoms with Gasteiger partial charge in [0.15, 0.2) is 11.5 Å². The molecule has 2 N–H and O–H groups in total. The van der Waals surface area contributed by atoms with E-state index >= 15 is 0 Å². The summed E-state index contributed by atoms with van der Waals surface area (Å²) in [7, 11) is 4.76. The Morgan fingerprint density at radius 1 is 1.00 bits per heavy atom. The summed E-state index contributed by atoms with van der Waals surface area (Å²) in [5.41, 5.74) is 6.91. The molecule has 5 nitrogen and oxygen atoms in total. The number of hydrogen-bond donors (Lipinski definition) is 1. The van der Waals surface area contributed by atoms with Gasteiger partial charge in [-0.2, -0.15) is 0 Å². The smallest absolute Gasteiger partial charge is 0.164 e. The highest BCUT2D eigenvalue weighted by Crippen LogP contribution is 2.36. The van der Waals surface area contributed by atoms with E-state index in [9.17, 15) is 0 Å². The first-order chi connectivity index (χ1) is 8.67. The fourth-order valence-electron chi connectivity index (χ4n) is 1.68. The monoisotopic (exact) mass is 255 g/mol. The van der Waals surface area contributed by atoms with Gasteiger partial charge in [0.1, 0.15) is 5.75 Å². The Bertz CT molecular complexity index is 381. The summed E-state index contributed by atoms with van der Waals surface area (Å²) in [6.45, 7) is 2.99. The fourth-order valence-corrected chi connectivity index (χ4v) is 1.68. The van der Waals surface area contributed by atoms with Crippen LogP contribution in [0.25, 0.3) is 0 Å². The van der Waals surface area contributed by atoms with Crippen molar-refractivity contribution in [2.45, 2.75) is 13.0 Å². The molecule has 0 spiro atoms. The third kappa shape index (κ3) is 3.27. The summed E-state index contributed by atoms with van der Waals surface area (Å²) in [5, 5.41) is 0. The van der Waals surface area contributed by atoms with Crippen molar-refractivity contribution < 1.29 is 18.9 Å². The summed E-state index contributed by atoms with van der Waals surface area (Å²) < 4.78 is 21.1. The van der Waals surface area contributed by atoms with Crippen LogP contribution in [0.5, 0.6) is 17.2 Å². The van der Waals surface area contributed by atoms with Crippen molar-refractivity contribution in [2.24, 2.45) is 5.73 Å². The van der Waals surface area contributed by atoms with Gasteiger partial charge in [0.2, 0.25) is 0 Å². The van der Waals surface area contributed by atoms with Crippen LogP contribution in [0.15, 0.2) is 12.1 Å². The first kappa shape index (κ1) is 14.6. The van der Waals surface area contributed by atoms with Gasteiger partial charge in [0.05, 0.1) is 34.0 Å². The molecule has 1 unspecified atom stereocenters. The van der Waals surface area contributed by atoms with E-state index in [2.05, 4.69) is 0 Å². The molecule has 0 amide bonds. The summed E-state index contributed by atoms with van der Waals surface area (Å²) in [4.78, 5) is 0. The topological polar surface area (TPSA) is 62.9 Å². The van der Waals surface area contributed by atoms with Crippen molar-refractivity contribution in [1.82, 2.24) is 0 Å². The van der Waals surface area contributed by atoms with E-state index in [4.69, 9.17) is 24.7 Å². The van der Waals surface area contributed by atoms with Crippen LogP contribution >= 0.6 is 0 Å². The molecule has 1 aromatic carbocycles. The first-order valence-electron chi connectivity index (χ1n) is 5.81. The van der Waals surface area contributed by atoms with Crippen LogP contribution in [0.3, 0.4) is 0 Å². The van der Waals surface area contributed by atoms with Gasteiger partial charge in [0.25, 0.3) is 0 Å². The highest BCUT2D eigenvalue weighted by molar-refractivity contribution is 5.51. The van der Waals surface area contributed by atoms with Crippen LogP contribution in [0.4, 0.5) is 0 Å². The number of hydrogen-bond acceptors (Lipinski definition) is 5. The minimum atomic E-state index is -0.264. The molecule has 0 radical (unpaired) electrons. The Balaban J connectivity index is 3.08. The van der Waals surface area contributed by atoms with Crippen molar-refractivity contribution in [3.63, 3.8) is 0 Å². The van der Waals surface area contributed by atoms with Gasteiger partial charge in [-0.15, -0.1) is 0 Å². The molecule has 0 heterocycles. The predicted molar refractivity (Wildman–Crippen MR) is 69.5 cm³/mol. The van der Waals surface area contributed by atoms with E-state index < -0.39 is 0 Å². The molecule has 18 heavy (non-hydrogen) atoms. The second kappa shape index (κ2) is 7.08. The van der Waals surface area contributed by atoms with Crippen LogP contribution in [0, 0.1) is 0 Å². The molecule has 5 heteroatoms. The maximum absolute atomic E-state index is 6.07. The van der Waals surface area contributed by atoms with Crippen molar-refractivity contribution in [3.05, 3.63) is 17.7 Å². The van der Waals surface area contributed by atoms with Gasteiger partial charge in [-0.1, -0.05) is 0 Å². The van der Waals surface area contributed by atoms with E-state index in [0.717, 1.165) is 5.56 Å². The Morgan fingerprint density at radius 2 is 1.56 bits per heavy atom. The standard InChI is InChI=1S/C13H21NO4/c1-5-18-8-10(14)9-6-12(16-3)13(17-4)7-11(9)15-2/h6-7,10H,5,8,14H2,1-4H3. The Hall–Kier alpha value is -1.46. The lowest BCUT2D eigenvalue weighted by molar-refractivity contribution is 0.132. The molecule has 0 aliphatic heterocycles. The Labute approximate surface area is 108 Å². The molecule has 0 bridgehead atoms. The van der Waals surface area contributed by atoms with Gasteiger partial charge in [-0.05, 0) is 13.0 Å². The Morgan fingerprint density at radius 3 is 2.06 bits per heavy atom. The molecule has 0 aliphatic carbocycles. The first-order valence-corrected chi connectivity index (χ1v) is 5.81. The summed E-state index contributed by atoms with van der Waals surface area (Å²) >= 11 is 0. The SMILES string of the molecule is CCOCC(N)c1cc(OC)c(OC)cc1OC. The average molecular weight is 255 g/mol. The Kier molecular flexibility index (Phi) is 5.74. The van der Waals surface area contributed by atoms with E-state index in [1.165, 1.54) is 0 Å². The largest absolute Gasteiger partial charge is 0.496 e. The highest BCUT2D eigenvalue weighted by Gasteiger charge is 2.17. The minimum absolute atomic E-state index is 0.264. The van der Waals surface area contributed by atoms with Gasteiger partial charge in [-0.25, -0.2) is 0 Å². The lowest BCUT2D eigenvalue weighted by Gasteiger charge is -2.18. The molecule has 0 aliphatic rings. The fraction of sp³-hybridized carbons (Fsp3) is 0.538. The average Bonchev–Trinajstić information content (AvgIpc) is 2.42. The lowest BCUT2D eigenvalue weighted by Crippen LogP contribution is -2.18. The second-order valence-corrected chi connectivity index (χ2v) is 3.72. The number of methoxy groups -OCH3 is 3. The quantitative estimate of drug-likeness (QED) is 0.804. The molecule has 0 fully saturated rings. The van der Waals surface area contributed by atoms with Crippen LogP contribution in [0.1, 0.15) is 18.5 Å². The lowest BCUT2D eigenvalue weighted by atomic mass is 10.1. The third-order valence-corrected chi connectivity index (χ3v) is 2.64. The van der Waals surface area contributed by atoms with Gasteiger partial charge >= 0.3 is 0 Å². The van der Waals surface area contributed by atoms with Crippen LogP contribution in [0.2, 0.25) is 0 Å². The minimum Gasteiger partial charge on any atom is -0.496 e. The molecule has 102 valence electrons. The van der Waals surface area contributed by atoms with E-state index in [1.54, 1.807) is 27.4 Å². The van der Waals surface area contributed by atoms with Crippen molar-refractivity contribution in [1.29, 1.82) is 0 Å². The molecule has 0 saturated heterocycles. The van der Waals surface area contributed by atoms with E-state index in [1.807, 2.05) is 13.0 Å². The zero-order chi connectivity index (χ0) is 13.5. The van der Waals surface area contributed by atoms with E-state index in [-0.39, 0.29) is 6.04 Å². The molecular formula is C13H21NO4. The zero-order valence-electron chi connectivity index (χ0n) is 11.4. The summed E-state index contributed by atoms with van der Waals surface area (Å²) in [5.74, 6) is 1.90. The van der Waals surface area contributed by atoms with Crippen LogP contribution < -0.4 is 19.9 Å². The third-order valence-electron chi connectivity index (χ3n) is 2.64. The van der Waals surface area contributed by atoms with Crippen molar-refractivity contribution in [2.75, 3.05) is 34.5 Å².